The monoisotopic (exact) mass is 409 g/mol. The van der Waals surface area contributed by atoms with Crippen LogP contribution < -0.4 is 5.32 Å². The fourth-order valence-electron chi connectivity index (χ4n) is 4.76. The predicted octanol–water partition coefficient (Wildman–Crippen LogP) is 3.74. The molecule has 0 aromatic rings. The molecule has 1 N–H and O–H groups in total. The molecule has 0 spiro atoms. The molecule has 6 nitrogen and oxygen atoms in total. The van der Waals surface area contributed by atoms with E-state index in [2.05, 4.69) is 24.1 Å². The molecule has 1 saturated carbocycles. The van der Waals surface area contributed by atoms with Crippen molar-refractivity contribution in [3.8, 4) is 0 Å². The second kappa shape index (κ2) is 12.1. The number of piperidine rings is 1. The van der Waals surface area contributed by atoms with E-state index in [1.807, 2.05) is 0 Å². The molecule has 3 rings (SSSR count). The highest BCUT2D eigenvalue weighted by atomic mass is 16.5. The molecule has 0 radical (unpaired) electrons. The molecule has 6 heteroatoms. The Balaban J connectivity index is 1.50. The quantitative estimate of drug-likeness (QED) is 0.464. The fraction of sp³-hybridized carbons (Fsp3) is 0.957. The van der Waals surface area contributed by atoms with Crippen molar-refractivity contribution >= 4 is 5.96 Å². The van der Waals surface area contributed by atoms with E-state index in [9.17, 15) is 0 Å². The van der Waals surface area contributed by atoms with Crippen LogP contribution in [0.1, 0.15) is 78.1 Å². The Hall–Kier alpha value is -0.850. The van der Waals surface area contributed by atoms with Gasteiger partial charge in [-0.2, -0.15) is 0 Å². The largest absolute Gasteiger partial charge is 0.376 e. The summed E-state index contributed by atoms with van der Waals surface area (Å²) in [7, 11) is 0. The molecule has 1 unspecified atom stereocenters. The molecule has 168 valence electrons. The highest BCUT2D eigenvalue weighted by Gasteiger charge is 2.33. The van der Waals surface area contributed by atoms with Crippen molar-refractivity contribution in [2.45, 2.75) is 95.9 Å². The van der Waals surface area contributed by atoms with Gasteiger partial charge < -0.3 is 24.4 Å². The Morgan fingerprint density at radius 3 is 2.55 bits per heavy atom. The van der Waals surface area contributed by atoms with Crippen molar-refractivity contribution in [3.05, 3.63) is 0 Å². The van der Waals surface area contributed by atoms with E-state index in [-0.39, 0.29) is 5.60 Å². The Bertz CT molecular complexity index is 480. The first-order valence-electron chi connectivity index (χ1n) is 12.1. The summed E-state index contributed by atoms with van der Waals surface area (Å²) in [4.78, 5) is 7.47. The third kappa shape index (κ3) is 7.11. The van der Waals surface area contributed by atoms with Gasteiger partial charge >= 0.3 is 0 Å². The number of likely N-dealkylation sites (tertiary alicyclic amines) is 1. The van der Waals surface area contributed by atoms with Crippen LogP contribution in [0.4, 0.5) is 0 Å². The molecule has 0 amide bonds. The zero-order valence-electron chi connectivity index (χ0n) is 18.8. The minimum Gasteiger partial charge on any atom is -0.376 e. The van der Waals surface area contributed by atoms with Crippen molar-refractivity contribution in [2.75, 3.05) is 46.0 Å². The average molecular weight is 410 g/mol. The van der Waals surface area contributed by atoms with Crippen LogP contribution in [-0.4, -0.2) is 74.7 Å². The van der Waals surface area contributed by atoms with Gasteiger partial charge in [0.15, 0.2) is 5.96 Å². The zero-order valence-corrected chi connectivity index (χ0v) is 18.8. The molecule has 2 heterocycles. The third-order valence-corrected chi connectivity index (χ3v) is 6.51. The van der Waals surface area contributed by atoms with E-state index < -0.39 is 0 Å². The standard InChI is InChI=1S/C23H43N3O3/c1-3-16-29-23(12-6-5-7-13-23)19-25-22(24-4-2)26-14-10-20(11-15-26)28-18-21-9-8-17-27-21/h20-21H,3-19H2,1-2H3,(H,24,25). The van der Waals surface area contributed by atoms with Crippen LogP contribution in [0.3, 0.4) is 0 Å². The van der Waals surface area contributed by atoms with Gasteiger partial charge in [0.2, 0.25) is 0 Å². The van der Waals surface area contributed by atoms with Crippen LogP contribution in [0.5, 0.6) is 0 Å². The molecule has 29 heavy (non-hydrogen) atoms. The van der Waals surface area contributed by atoms with Gasteiger partial charge in [0.25, 0.3) is 0 Å². The summed E-state index contributed by atoms with van der Waals surface area (Å²) in [6.45, 7) is 10.5. The van der Waals surface area contributed by atoms with E-state index in [1.54, 1.807) is 0 Å². The van der Waals surface area contributed by atoms with Crippen LogP contribution in [0.2, 0.25) is 0 Å². The summed E-state index contributed by atoms with van der Waals surface area (Å²) in [5.74, 6) is 1.05. The molecular formula is C23H43N3O3. The van der Waals surface area contributed by atoms with E-state index >= 15 is 0 Å². The maximum atomic E-state index is 6.35. The smallest absolute Gasteiger partial charge is 0.194 e. The van der Waals surface area contributed by atoms with E-state index in [0.29, 0.717) is 12.2 Å². The van der Waals surface area contributed by atoms with Crippen LogP contribution in [-0.2, 0) is 14.2 Å². The molecular weight excluding hydrogens is 366 g/mol. The number of hydrogen-bond acceptors (Lipinski definition) is 4. The Morgan fingerprint density at radius 2 is 1.90 bits per heavy atom. The van der Waals surface area contributed by atoms with E-state index in [4.69, 9.17) is 19.2 Å². The average Bonchev–Trinajstić information content (AvgIpc) is 3.29. The molecule has 0 aromatic heterocycles. The Labute approximate surface area is 177 Å². The number of rotatable bonds is 9. The maximum Gasteiger partial charge on any atom is 0.194 e. The SMILES string of the molecule is CCCOC1(CN=C(NCC)N2CCC(OCC3CCCO3)CC2)CCCCC1. The van der Waals surface area contributed by atoms with Crippen LogP contribution in [0.25, 0.3) is 0 Å². The predicted molar refractivity (Wildman–Crippen MR) is 118 cm³/mol. The van der Waals surface area contributed by atoms with Gasteiger partial charge in [-0.3, -0.25) is 4.99 Å². The first kappa shape index (κ1) is 22.8. The molecule has 0 aromatic carbocycles. The minimum absolute atomic E-state index is 0.0440. The molecule has 1 atom stereocenters. The molecule has 2 saturated heterocycles. The lowest BCUT2D eigenvalue weighted by Crippen LogP contribution is -2.48. The summed E-state index contributed by atoms with van der Waals surface area (Å²) in [5.41, 5.74) is -0.0440. The van der Waals surface area contributed by atoms with Crippen molar-refractivity contribution < 1.29 is 14.2 Å². The fourth-order valence-corrected chi connectivity index (χ4v) is 4.76. The number of nitrogens with one attached hydrogen (secondary N) is 1. The lowest BCUT2D eigenvalue weighted by Gasteiger charge is -2.38. The van der Waals surface area contributed by atoms with Gasteiger partial charge in [-0.1, -0.05) is 26.2 Å². The number of ether oxygens (including phenoxy) is 3. The normalized spacial score (nSPS) is 26.1. The summed E-state index contributed by atoms with van der Waals surface area (Å²) < 4.78 is 18.2. The third-order valence-electron chi connectivity index (χ3n) is 6.51. The van der Waals surface area contributed by atoms with Crippen molar-refractivity contribution in [1.29, 1.82) is 0 Å². The minimum atomic E-state index is -0.0440. The molecule has 0 bridgehead atoms. The highest BCUT2D eigenvalue weighted by Crippen LogP contribution is 2.32. The first-order chi connectivity index (χ1) is 14.2. The Morgan fingerprint density at radius 1 is 1.10 bits per heavy atom. The van der Waals surface area contributed by atoms with E-state index in [0.717, 1.165) is 90.5 Å². The topological polar surface area (TPSA) is 55.3 Å². The summed E-state index contributed by atoms with van der Waals surface area (Å²) in [6, 6.07) is 0. The molecule has 2 aliphatic heterocycles. The van der Waals surface area contributed by atoms with Gasteiger partial charge in [0.05, 0.1) is 31.0 Å². The summed E-state index contributed by atoms with van der Waals surface area (Å²) in [6.07, 6.45) is 12.4. The molecule has 3 aliphatic rings. The van der Waals surface area contributed by atoms with Gasteiger partial charge in [-0.15, -0.1) is 0 Å². The molecule has 3 fully saturated rings. The van der Waals surface area contributed by atoms with Crippen LogP contribution in [0.15, 0.2) is 4.99 Å². The van der Waals surface area contributed by atoms with Gasteiger partial charge in [-0.05, 0) is 51.9 Å². The summed E-state index contributed by atoms with van der Waals surface area (Å²) >= 11 is 0. The van der Waals surface area contributed by atoms with Gasteiger partial charge in [0.1, 0.15) is 0 Å². The highest BCUT2D eigenvalue weighted by molar-refractivity contribution is 5.80. The lowest BCUT2D eigenvalue weighted by molar-refractivity contribution is -0.0627. The second-order valence-corrected chi connectivity index (χ2v) is 8.92. The number of nitrogens with zero attached hydrogens (tertiary/aromatic N) is 2. The van der Waals surface area contributed by atoms with Gasteiger partial charge in [0, 0.05) is 32.8 Å². The zero-order chi connectivity index (χ0) is 20.4. The Kier molecular flexibility index (Phi) is 9.53. The first-order valence-corrected chi connectivity index (χ1v) is 12.1. The maximum absolute atomic E-state index is 6.35. The van der Waals surface area contributed by atoms with Crippen LogP contribution in [0, 0.1) is 0 Å². The van der Waals surface area contributed by atoms with Crippen molar-refractivity contribution in [2.24, 2.45) is 4.99 Å². The number of guanidine groups is 1. The van der Waals surface area contributed by atoms with E-state index in [1.165, 1.54) is 25.7 Å². The lowest BCUT2D eigenvalue weighted by atomic mass is 9.84. The number of hydrogen-bond donors (Lipinski definition) is 1. The molecule has 1 aliphatic carbocycles. The van der Waals surface area contributed by atoms with Crippen molar-refractivity contribution in [3.63, 3.8) is 0 Å². The summed E-state index contributed by atoms with van der Waals surface area (Å²) in [5, 5.41) is 3.52. The number of aliphatic imine (C=N–C) groups is 1. The van der Waals surface area contributed by atoms with Crippen molar-refractivity contribution in [1.82, 2.24) is 10.2 Å². The van der Waals surface area contributed by atoms with Gasteiger partial charge in [-0.25, -0.2) is 0 Å². The van der Waals surface area contributed by atoms with Crippen LogP contribution >= 0.6 is 0 Å². The second-order valence-electron chi connectivity index (χ2n) is 8.92.